The first-order valence-corrected chi connectivity index (χ1v) is 8.01. The molecule has 136 valence electrons. The smallest absolute Gasteiger partial charge is 0.313 e. The van der Waals surface area contributed by atoms with Crippen LogP contribution in [0, 0.1) is 23.0 Å². The van der Waals surface area contributed by atoms with E-state index in [1.54, 1.807) is 13.0 Å². The highest BCUT2D eigenvalue weighted by Gasteiger charge is 2.37. The quantitative estimate of drug-likeness (QED) is 0.622. The van der Waals surface area contributed by atoms with Crippen LogP contribution in [0.15, 0.2) is 12.1 Å². The van der Waals surface area contributed by atoms with Gasteiger partial charge in [-0.15, -0.1) is 24.8 Å². The summed E-state index contributed by atoms with van der Waals surface area (Å²) in [6.07, 6.45) is 3.48. The second-order valence-corrected chi connectivity index (χ2v) is 6.35. The van der Waals surface area contributed by atoms with Gasteiger partial charge in [0.25, 0.3) is 0 Å². The minimum Gasteiger partial charge on any atom is -0.502 e. The zero-order valence-electron chi connectivity index (χ0n) is 13.7. The van der Waals surface area contributed by atoms with Crippen LogP contribution in [0.4, 0.5) is 5.69 Å². The van der Waals surface area contributed by atoms with Crippen molar-refractivity contribution in [1.82, 2.24) is 10.2 Å². The van der Waals surface area contributed by atoms with Gasteiger partial charge in [-0.3, -0.25) is 15.0 Å². The molecule has 2 aliphatic rings. The predicted octanol–water partition coefficient (Wildman–Crippen LogP) is 3.20. The van der Waals surface area contributed by atoms with Crippen LogP contribution in [-0.2, 0) is 0 Å². The second-order valence-electron chi connectivity index (χ2n) is 6.35. The van der Waals surface area contributed by atoms with Gasteiger partial charge in [-0.2, -0.15) is 0 Å². The molecule has 6 nitrogen and oxygen atoms in total. The Labute approximate surface area is 154 Å². The summed E-state index contributed by atoms with van der Waals surface area (Å²) in [6, 6.07) is 3.74. The standard InChI is InChI=1S/C16H23N3O3.2ClH/c1-11-5-6-13(16(20)14(11)19(21)22)15(12-3-2-4-12)18-9-7-17-8-10-18;;/h5-6,12,15,17,20H,2-4,7-10H2,1H3;2*1H/t15-;;/m0../s1. The molecule has 24 heavy (non-hydrogen) atoms. The van der Waals surface area contributed by atoms with Gasteiger partial charge in [-0.25, -0.2) is 0 Å². The Morgan fingerprint density at radius 2 is 1.92 bits per heavy atom. The molecular formula is C16H25Cl2N3O3. The molecule has 0 unspecified atom stereocenters. The molecule has 1 saturated carbocycles. The third-order valence-electron chi connectivity index (χ3n) is 5.03. The van der Waals surface area contributed by atoms with Crippen LogP contribution in [0.25, 0.3) is 0 Å². The normalized spacial score (nSPS) is 19.5. The highest BCUT2D eigenvalue weighted by atomic mass is 35.5. The van der Waals surface area contributed by atoms with Crippen LogP contribution in [-0.4, -0.2) is 41.1 Å². The first-order valence-electron chi connectivity index (χ1n) is 8.01. The van der Waals surface area contributed by atoms with Gasteiger partial charge in [0.15, 0.2) is 5.75 Å². The van der Waals surface area contributed by atoms with E-state index < -0.39 is 4.92 Å². The number of phenols is 1. The average molecular weight is 378 g/mol. The van der Waals surface area contributed by atoms with Gasteiger partial charge < -0.3 is 10.4 Å². The molecule has 2 N–H and O–H groups in total. The fraction of sp³-hybridized carbons (Fsp3) is 0.625. The van der Waals surface area contributed by atoms with Crippen molar-refractivity contribution in [2.24, 2.45) is 5.92 Å². The van der Waals surface area contributed by atoms with E-state index in [0.717, 1.165) is 44.6 Å². The van der Waals surface area contributed by atoms with E-state index in [1.165, 1.54) is 6.42 Å². The molecule has 0 bridgehead atoms. The number of rotatable bonds is 4. The lowest BCUT2D eigenvalue weighted by Crippen LogP contribution is -2.47. The molecule has 1 aromatic carbocycles. The average Bonchev–Trinajstić information content (AvgIpc) is 2.44. The number of nitrogens with one attached hydrogen (secondary N) is 1. The summed E-state index contributed by atoms with van der Waals surface area (Å²) in [5.41, 5.74) is 1.10. The Bertz CT molecular complexity index is 576. The van der Waals surface area contributed by atoms with E-state index in [2.05, 4.69) is 10.2 Å². The van der Waals surface area contributed by atoms with Crippen molar-refractivity contribution in [2.45, 2.75) is 32.2 Å². The Balaban J connectivity index is 0.00000144. The molecule has 0 radical (unpaired) electrons. The molecule has 8 heteroatoms. The maximum absolute atomic E-state index is 11.3. The molecule has 2 fully saturated rings. The molecular weight excluding hydrogens is 353 g/mol. The number of hydrogen-bond donors (Lipinski definition) is 2. The van der Waals surface area contributed by atoms with Gasteiger partial charge in [0.2, 0.25) is 0 Å². The van der Waals surface area contributed by atoms with Crippen LogP contribution in [0.2, 0.25) is 0 Å². The number of phenolic OH excluding ortho intramolecular Hbond substituents is 1. The molecule has 1 saturated heterocycles. The summed E-state index contributed by atoms with van der Waals surface area (Å²) in [5, 5.41) is 25.1. The highest BCUT2D eigenvalue weighted by Crippen LogP contribution is 2.46. The lowest BCUT2D eigenvalue weighted by Gasteiger charge is -2.43. The molecule has 3 rings (SSSR count). The summed E-state index contributed by atoms with van der Waals surface area (Å²) in [4.78, 5) is 13.2. The van der Waals surface area contributed by atoms with E-state index in [4.69, 9.17) is 0 Å². The van der Waals surface area contributed by atoms with Crippen molar-refractivity contribution < 1.29 is 10.0 Å². The number of aryl methyl sites for hydroxylation is 1. The lowest BCUT2D eigenvalue weighted by molar-refractivity contribution is -0.386. The zero-order valence-corrected chi connectivity index (χ0v) is 15.4. The van der Waals surface area contributed by atoms with Crippen molar-refractivity contribution in [1.29, 1.82) is 0 Å². The predicted molar refractivity (Wildman–Crippen MR) is 98.5 cm³/mol. The van der Waals surface area contributed by atoms with Crippen LogP contribution >= 0.6 is 24.8 Å². The maximum atomic E-state index is 11.3. The minimum absolute atomic E-state index is 0. The van der Waals surface area contributed by atoms with Crippen molar-refractivity contribution in [3.8, 4) is 5.75 Å². The highest BCUT2D eigenvalue weighted by molar-refractivity contribution is 5.85. The van der Waals surface area contributed by atoms with E-state index in [9.17, 15) is 15.2 Å². The van der Waals surface area contributed by atoms with Gasteiger partial charge in [0, 0.05) is 43.3 Å². The third kappa shape index (κ3) is 3.94. The number of halogens is 2. The largest absolute Gasteiger partial charge is 0.502 e. The Kier molecular flexibility index (Phi) is 7.73. The van der Waals surface area contributed by atoms with Crippen molar-refractivity contribution in [3.63, 3.8) is 0 Å². The molecule has 1 aliphatic carbocycles. The summed E-state index contributed by atoms with van der Waals surface area (Å²) in [5.74, 6) is 0.353. The van der Waals surface area contributed by atoms with Gasteiger partial charge in [0.1, 0.15) is 0 Å². The SMILES string of the molecule is Cc1ccc([C@H](C2CCC2)N2CCNCC2)c(O)c1[N+](=O)[O-].Cl.Cl. The number of nitro groups is 1. The Hall–Kier alpha value is -1.08. The molecule has 1 aromatic rings. The van der Waals surface area contributed by atoms with E-state index >= 15 is 0 Å². The summed E-state index contributed by atoms with van der Waals surface area (Å²) in [6.45, 7) is 5.37. The molecule has 0 spiro atoms. The summed E-state index contributed by atoms with van der Waals surface area (Å²) in [7, 11) is 0. The van der Waals surface area contributed by atoms with Crippen LogP contribution in [0.1, 0.15) is 36.4 Å². The molecule has 1 atom stereocenters. The van der Waals surface area contributed by atoms with Gasteiger partial charge >= 0.3 is 5.69 Å². The maximum Gasteiger partial charge on any atom is 0.313 e. The fourth-order valence-corrected chi connectivity index (χ4v) is 3.63. The van der Waals surface area contributed by atoms with Gasteiger partial charge in [-0.05, 0) is 25.7 Å². The Morgan fingerprint density at radius 3 is 2.42 bits per heavy atom. The number of nitro benzene ring substituents is 1. The third-order valence-corrected chi connectivity index (χ3v) is 5.03. The van der Waals surface area contributed by atoms with Crippen molar-refractivity contribution in [3.05, 3.63) is 33.4 Å². The van der Waals surface area contributed by atoms with Crippen molar-refractivity contribution >= 4 is 30.5 Å². The van der Waals surface area contributed by atoms with Gasteiger partial charge in [-0.1, -0.05) is 18.6 Å². The monoisotopic (exact) mass is 377 g/mol. The van der Waals surface area contributed by atoms with Crippen LogP contribution in [0.3, 0.4) is 0 Å². The fourth-order valence-electron chi connectivity index (χ4n) is 3.63. The number of piperazine rings is 1. The Morgan fingerprint density at radius 1 is 1.29 bits per heavy atom. The van der Waals surface area contributed by atoms with Crippen molar-refractivity contribution in [2.75, 3.05) is 26.2 Å². The number of benzene rings is 1. The van der Waals surface area contributed by atoms with Crippen LogP contribution in [0.5, 0.6) is 5.75 Å². The zero-order chi connectivity index (χ0) is 15.7. The van der Waals surface area contributed by atoms with E-state index in [0.29, 0.717) is 11.5 Å². The number of aromatic hydroxyl groups is 1. The molecule has 0 amide bonds. The summed E-state index contributed by atoms with van der Waals surface area (Å²) < 4.78 is 0. The molecule has 1 heterocycles. The van der Waals surface area contributed by atoms with Gasteiger partial charge in [0.05, 0.1) is 4.92 Å². The first kappa shape index (κ1) is 21.0. The lowest BCUT2D eigenvalue weighted by atomic mass is 9.75. The molecule has 0 aromatic heterocycles. The first-order chi connectivity index (χ1) is 10.6. The summed E-state index contributed by atoms with van der Waals surface area (Å²) >= 11 is 0. The van der Waals surface area contributed by atoms with E-state index in [-0.39, 0.29) is 42.3 Å². The number of nitrogens with zero attached hydrogens (tertiary/aromatic N) is 2. The van der Waals surface area contributed by atoms with E-state index in [1.807, 2.05) is 6.07 Å². The van der Waals surface area contributed by atoms with Crippen LogP contribution < -0.4 is 5.32 Å². The second kappa shape index (κ2) is 8.85. The topological polar surface area (TPSA) is 78.6 Å². The molecule has 1 aliphatic heterocycles. The minimum atomic E-state index is -0.468. The number of hydrogen-bond acceptors (Lipinski definition) is 5.